The van der Waals surface area contributed by atoms with Gasteiger partial charge in [-0.05, 0) is 50.9 Å². The Morgan fingerprint density at radius 3 is 2.29 bits per heavy atom. The molecule has 0 radical (unpaired) electrons. The fraction of sp³-hybridized carbons (Fsp3) is 0.471. The monoisotopic (exact) mass is 334 g/mol. The second-order valence-electron chi connectivity index (χ2n) is 6.93. The van der Waals surface area contributed by atoms with Crippen LogP contribution in [0.15, 0.2) is 23.7 Å². The minimum Gasteiger partial charge on any atom is -0.507 e. The molecule has 7 heteroatoms. The number of carboxylic acids is 1. The van der Waals surface area contributed by atoms with Crippen molar-refractivity contribution in [3.8, 4) is 5.75 Å². The van der Waals surface area contributed by atoms with Crippen molar-refractivity contribution in [3.63, 3.8) is 0 Å². The third-order valence-electron chi connectivity index (χ3n) is 4.53. The van der Waals surface area contributed by atoms with Gasteiger partial charge in [0, 0.05) is 5.56 Å². The molecule has 1 saturated heterocycles. The molecule has 3 N–H and O–H groups in total. The van der Waals surface area contributed by atoms with Gasteiger partial charge >= 0.3 is 13.1 Å². The summed E-state index contributed by atoms with van der Waals surface area (Å²) < 4.78 is 11.8. The number of rotatable bonds is 5. The third-order valence-corrected chi connectivity index (χ3v) is 4.53. The van der Waals surface area contributed by atoms with Gasteiger partial charge < -0.3 is 24.6 Å². The summed E-state index contributed by atoms with van der Waals surface area (Å²) in [5.74, 6) is -0.962. The van der Waals surface area contributed by atoms with Gasteiger partial charge in [0.15, 0.2) is 0 Å². The van der Waals surface area contributed by atoms with E-state index in [0.717, 1.165) is 0 Å². The molecular formula is C17H23BO6. The number of hydrogen-bond acceptors (Lipinski definition) is 5. The van der Waals surface area contributed by atoms with Gasteiger partial charge in [0.1, 0.15) is 5.75 Å². The molecule has 1 aliphatic heterocycles. The maximum Gasteiger partial charge on any atom is 0.492 e. The quantitative estimate of drug-likeness (QED) is 0.713. The molecule has 0 saturated carbocycles. The highest BCUT2D eigenvalue weighted by molar-refractivity contribution is 6.55. The third kappa shape index (κ3) is 3.80. The highest BCUT2D eigenvalue weighted by Crippen LogP contribution is 2.39. The molecule has 2 rings (SSSR count). The summed E-state index contributed by atoms with van der Waals surface area (Å²) in [5, 5.41) is 28.6. The van der Waals surface area contributed by atoms with E-state index in [-0.39, 0.29) is 18.8 Å². The van der Waals surface area contributed by atoms with Crippen molar-refractivity contribution in [1.82, 2.24) is 0 Å². The molecular weight excluding hydrogens is 311 g/mol. The van der Waals surface area contributed by atoms with Crippen molar-refractivity contribution >= 4 is 19.2 Å². The van der Waals surface area contributed by atoms with Gasteiger partial charge in [0.05, 0.1) is 24.2 Å². The average molecular weight is 334 g/mol. The topological polar surface area (TPSA) is 96.2 Å². The fourth-order valence-electron chi connectivity index (χ4n) is 2.39. The van der Waals surface area contributed by atoms with Gasteiger partial charge in [-0.15, -0.1) is 0 Å². The molecule has 1 aromatic rings. The first-order chi connectivity index (χ1) is 11.1. The second kappa shape index (κ2) is 6.59. The Balaban J connectivity index is 2.33. The van der Waals surface area contributed by atoms with Crippen molar-refractivity contribution in [1.29, 1.82) is 0 Å². The van der Waals surface area contributed by atoms with Crippen LogP contribution < -0.4 is 0 Å². The largest absolute Gasteiger partial charge is 0.507 e. The van der Waals surface area contributed by atoms with E-state index in [9.17, 15) is 15.0 Å². The molecule has 0 aliphatic carbocycles. The number of phenols is 1. The summed E-state index contributed by atoms with van der Waals surface area (Å²) in [6.07, 6.45) is 1.43. The first-order valence-electron chi connectivity index (χ1n) is 7.76. The van der Waals surface area contributed by atoms with Crippen molar-refractivity contribution in [2.24, 2.45) is 0 Å². The highest BCUT2D eigenvalue weighted by atomic mass is 16.7. The minimum atomic E-state index is -0.955. The normalized spacial score (nSPS) is 19.5. The van der Waals surface area contributed by atoms with Gasteiger partial charge in [-0.3, -0.25) is 4.79 Å². The Bertz CT molecular complexity index is 649. The van der Waals surface area contributed by atoms with Crippen LogP contribution in [0, 0.1) is 0 Å². The van der Waals surface area contributed by atoms with E-state index < -0.39 is 24.3 Å². The lowest BCUT2D eigenvalue weighted by atomic mass is 9.77. The number of phenolic OH excluding ortho intramolecular Hbond substituents is 1. The Morgan fingerprint density at radius 1 is 1.21 bits per heavy atom. The van der Waals surface area contributed by atoms with Crippen LogP contribution >= 0.6 is 0 Å². The van der Waals surface area contributed by atoms with Crippen LogP contribution in [-0.2, 0) is 20.5 Å². The Hall–Kier alpha value is -1.83. The molecule has 6 nitrogen and oxygen atoms in total. The van der Waals surface area contributed by atoms with E-state index in [2.05, 4.69) is 0 Å². The number of benzene rings is 1. The molecule has 1 aliphatic rings. The predicted molar refractivity (Wildman–Crippen MR) is 90.6 cm³/mol. The molecule has 0 atom stereocenters. The summed E-state index contributed by atoms with van der Waals surface area (Å²) in [7, 11) is -0.734. The molecule has 1 fully saturated rings. The van der Waals surface area contributed by atoms with Crippen LogP contribution in [0.2, 0.25) is 0 Å². The maximum atomic E-state index is 10.8. The van der Waals surface area contributed by atoms with Crippen molar-refractivity contribution in [3.05, 3.63) is 34.8 Å². The fourth-order valence-corrected chi connectivity index (χ4v) is 2.39. The van der Waals surface area contributed by atoms with Crippen molar-refractivity contribution in [2.45, 2.75) is 45.3 Å². The van der Waals surface area contributed by atoms with Crippen LogP contribution in [-0.4, -0.2) is 46.2 Å². The zero-order valence-corrected chi connectivity index (χ0v) is 14.4. The highest BCUT2D eigenvalue weighted by Gasteiger charge is 2.52. The summed E-state index contributed by atoms with van der Waals surface area (Å²) in [5.41, 5.74) is 0.333. The standard InChI is InChI=1S/C17H23BO6/c1-16(2)17(3,4)24-18(23-16)13(10-19)9-12-7-11(8-15(21)22)5-6-14(12)20/h5-7,9,19-20H,8,10H2,1-4H3,(H,21,22). The van der Waals surface area contributed by atoms with Crippen LogP contribution in [0.4, 0.5) is 0 Å². The van der Waals surface area contributed by atoms with Gasteiger partial charge in [0.25, 0.3) is 0 Å². The molecule has 24 heavy (non-hydrogen) atoms. The minimum absolute atomic E-state index is 0.00777. The van der Waals surface area contributed by atoms with Crippen molar-refractivity contribution in [2.75, 3.05) is 6.61 Å². The van der Waals surface area contributed by atoms with E-state index >= 15 is 0 Å². The van der Waals surface area contributed by atoms with Crippen LogP contribution in [0.25, 0.3) is 6.08 Å². The predicted octanol–water partition coefficient (Wildman–Crippen LogP) is 2.03. The summed E-state index contributed by atoms with van der Waals surface area (Å²) in [6.45, 7) is 7.33. The van der Waals surface area contributed by atoms with E-state index in [0.29, 0.717) is 16.6 Å². The molecule has 0 aromatic heterocycles. The van der Waals surface area contributed by atoms with E-state index in [1.54, 1.807) is 18.2 Å². The zero-order chi connectivity index (χ0) is 18.1. The summed E-state index contributed by atoms with van der Waals surface area (Å²) in [4.78, 5) is 10.8. The van der Waals surface area contributed by atoms with E-state index in [1.807, 2.05) is 27.7 Å². The first-order valence-corrected chi connectivity index (χ1v) is 7.76. The molecule has 0 amide bonds. The molecule has 0 unspecified atom stereocenters. The average Bonchev–Trinajstić information content (AvgIpc) is 2.67. The lowest BCUT2D eigenvalue weighted by molar-refractivity contribution is -0.136. The number of aliphatic hydroxyl groups excluding tert-OH is 1. The zero-order valence-electron chi connectivity index (χ0n) is 14.4. The summed E-state index contributed by atoms with van der Waals surface area (Å²) >= 11 is 0. The number of aliphatic carboxylic acids is 1. The Labute approximate surface area is 141 Å². The van der Waals surface area contributed by atoms with Crippen LogP contribution in [0.1, 0.15) is 38.8 Å². The smallest absolute Gasteiger partial charge is 0.492 e. The second-order valence-corrected chi connectivity index (χ2v) is 6.93. The molecule has 130 valence electrons. The lowest BCUT2D eigenvalue weighted by Crippen LogP contribution is -2.41. The Morgan fingerprint density at radius 2 is 1.79 bits per heavy atom. The van der Waals surface area contributed by atoms with Gasteiger partial charge in [0.2, 0.25) is 0 Å². The number of carboxylic acid groups (broad SMARTS) is 1. The van der Waals surface area contributed by atoms with E-state index in [1.165, 1.54) is 6.07 Å². The SMILES string of the molecule is CC1(C)OB(C(=Cc2cc(CC(=O)O)ccc2O)CO)OC1(C)C. The van der Waals surface area contributed by atoms with E-state index in [4.69, 9.17) is 14.4 Å². The number of aromatic hydroxyl groups is 1. The van der Waals surface area contributed by atoms with Gasteiger partial charge in [-0.1, -0.05) is 12.1 Å². The molecule has 1 aromatic carbocycles. The maximum absolute atomic E-state index is 10.8. The molecule has 0 bridgehead atoms. The van der Waals surface area contributed by atoms with Crippen LogP contribution in [0.5, 0.6) is 5.75 Å². The lowest BCUT2D eigenvalue weighted by Gasteiger charge is -2.32. The van der Waals surface area contributed by atoms with Crippen molar-refractivity contribution < 1.29 is 29.4 Å². The van der Waals surface area contributed by atoms with Gasteiger partial charge in [-0.2, -0.15) is 0 Å². The van der Waals surface area contributed by atoms with Gasteiger partial charge in [-0.25, -0.2) is 0 Å². The van der Waals surface area contributed by atoms with Crippen LogP contribution in [0.3, 0.4) is 0 Å². The summed E-state index contributed by atoms with van der Waals surface area (Å²) in [6, 6.07) is 4.56. The number of carbonyl (C=O) groups is 1. The molecule has 1 heterocycles. The Kier molecular flexibility index (Phi) is 5.08. The number of aliphatic hydroxyl groups is 1. The molecule has 0 spiro atoms. The first kappa shape index (κ1) is 18.5. The number of hydrogen-bond donors (Lipinski definition) is 3.